The molecule has 1 amide bonds. The number of ether oxygens (including phenoxy) is 1. The van der Waals surface area contributed by atoms with Gasteiger partial charge in [0.2, 0.25) is 5.91 Å². The first kappa shape index (κ1) is 16.0. The summed E-state index contributed by atoms with van der Waals surface area (Å²) in [6.07, 6.45) is 3.02. The van der Waals surface area contributed by atoms with Gasteiger partial charge in [0.15, 0.2) is 0 Å². The molecule has 114 valence electrons. The first-order valence-corrected chi connectivity index (χ1v) is 7.11. The molecular weight excluding hydrogens is 305 g/mol. The number of carbonyl (C=O) groups excluding carboxylic acids is 1. The Morgan fingerprint density at radius 1 is 1.14 bits per heavy atom. The molecule has 1 N–H and O–H groups in total. The molecule has 0 heterocycles. The van der Waals surface area contributed by atoms with E-state index in [1.54, 1.807) is 42.5 Å². The van der Waals surface area contributed by atoms with Gasteiger partial charge in [-0.25, -0.2) is 4.39 Å². The Morgan fingerprint density at radius 2 is 1.82 bits per heavy atom. The molecule has 0 spiro atoms. The van der Waals surface area contributed by atoms with Crippen LogP contribution < -0.4 is 10.1 Å². The van der Waals surface area contributed by atoms with Crippen LogP contribution in [0.25, 0.3) is 6.08 Å². The van der Waals surface area contributed by atoms with Gasteiger partial charge in [-0.15, -0.1) is 0 Å². The Hall–Kier alpha value is -2.33. The molecule has 0 fully saturated rings. The van der Waals surface area contributed by atoms with Gasteiger partial charge in [0.1, 0.15) is 18.2 Å². The summed E-state index contributed by atoms with van der Waals surface area (Å²) in [5, 5.41) is 3.34. The van der Waals surface area contributed by atoms with Crippen LogP contribution in [0.4, 0.5) is 4.39 Å². The number of hydrogen-bond acceptors (Lipinski definition) is 2. The van der Waals surface area contributed by atoms with Gasteiger partial charge in [-0.1, -0.05) is 23.7 Å². The minimum Gasteiger partial charge on any atom is -0.492 e. The van der Waals surface area contributed by atoms with Gasteiger partial charge < -0.3 is 10.1 Å². The number of hydrogen-bond donors (Lipinski definition) is 1. The number of rotatable bonds is 6. The second kappa shape index (κ2) is 8.20. The zero-order valence-corrected chi connectivity index (χ0v) is 12.5. The molecule has 0 bridgehead atoms. The summed E-state index contributed by atoms with van der Waals surface area (Å²) >= 11 is 5.77. The normalized spacial score (nSPS) is 10.6. The van der Waals surface area contributed by atoms with Crippen molar-refractivity contribution in [3.8, 4) is 5.75 Å². The maximum absolute atomic E-state index is 12.7. The first-order valence-electron chi connectivity index (χ1n) is 6.73. The molecule has 0 radical (unpaired) electrons. The first-order chi connectivity index (χ1) is 10.6. The van der Waals surface area contributed by atoms with E-state index in [0.717, 1.165) is 5.56 Å². The monoisotopic (exact) mass is 319 g/mol. The summed E-state index contributed by atoms with van der Waals surface area (Å²) in [7, 11) is 0. The second-order valence-electron chi connectivity index (χ2n) is 4.48. The predicted octanol–water partition coefficient (Wildman–Crippen LogP) is 3.69. The summed E-state index contributed by atoms with van der Waals surface area (Å²) < 4.78 is 18.2. The van der Waals surface area contributed by atoms with Crippen molar-refractivity contribution in [2.24, 2.45) is 0 Å². The van der Waals surface area contributed by atoms with Gasteiger partial charge in [-0.05, 0) is 48.0 Å². The SMILES string of the molecule is O=C(/C=C/c1ccc(F)cc1)NCCOc1ccc(Cl)cc1. The molecule has 0 unspecified atom stereocenters. The summed E-state index contributed by atoms with van der Waals surface area (Å²) in [5.41, 5.74) is 0.758. The van der Waals surface area contributed by atoms with Crippen molar-refractivity contribution in [2.75, 3.05) is 13.2 Å². The van der Waals surface area contributed by atoms with Crippen molar-refractivity contribution >= 4 is 23.6 Å². The summed E-state index contributed by atoms with van der Waals surface area (Å²) in [5.74, 6) is 0.158. The lowest BCUT2D eigenvalue weighted by Gasteiger charge is -2.06. The highest BCUT2D eigenvalue weighted by Gasteiger charge is 1.97. The van der Waals surface area contributed by atoms with Gasteiger partial charge in [0, 0.05) is 11.1 Å². The van der Waals surface area contributed by atoms with Crippen LogP contribution in [0.2, 0.25) is 5.02 Å². The molecule has 22 heavy (non-hydrogen) atoms. The average Bonchev–Trinajstić information content (AvgIpc) is 2.53. The number of benzene rings is 2. The minimum absolute atomic E-state index is 0.232. The van der Waals surface area contributed by atoms with Crippen molar-refractivity contribution in [1.82, 2.24) is 5.32 Å². The number of amides is 1. The fourth-order valence-corrected chi connectivity index (χ4v) is 1.80. The maximum atomic E-state index is 12.7. The molecule has 0 aliphatic rings. The molecule has 2 aromatic carbocycles. The summed E-state index contributed by atoms with van der Waals surface area (Å²) in [6, 6.07) is 12.9. The molecule has 2 rings (SSSR count). The Kier molecular flexibility index (Phi) is 5.98. The molecule has 0 aliphatic carbocycles. The highest BCUT2D eigenvalue weighted by Crippen LogP contribution is 2.15. The van der Waals surface area contributed by atoms with E-state index in [0.29, 0.717) is 23.9 Å². The fourth-order valence-electron chi connectivity index (χ4n) is 1.68. The molecule has 0 saturated carbocycles. The van der Waals surface area contributed by atoms with Crippen LogP contribution in [-0.2, 0) is 4.79 Å². The third kappa shape index (κ3) is 5.58. The van der Waals surface area contributed by atoms with E-state index in [9.17, 15) is 9.18 Å². The maximum Gasteiger partial charge on any atom is 0.244 e. The second-order valence-corrected chi connectivity index (χ2v) is 4.91. The standard InChI is InChI=1S/C17H15ClFNO2/c18-14-4-8-16(9-5-14)22-12-11-20-17(21)10-3-13-1-6-15(19)7-2-13/h1-10H,11-12H2,(H,20,21)/b10-3+. The smallest absolute Gasteiger partial charge is 0.244 e. The fraction of sp³-hybridized carbons (Fsp3) is 0.118. The van der Waals surface area contributed by atoms with Gasteiger partial charge in [0.05, 0.1) is 6.54 Å². The molecule has 3 nitrogen and oxygen atoms in total. The number of carbonyl (C=O) groups is 1. The van der Waals surface area contributed by atoms with Crippen LogP contribution in [0.15, 0.2) is 54.6 Å². The molecule has 0 saturated heterocycles. The van der Waals surface area contributed by atoms with Gasteiger partial charge >= 0.3 is 0 Å². The van der Waals surface area contributed by atoms with E-state index < -0.39 is 0 Å². The summed E-state index contributed by atoms with van der Waals surface area (Å²) in [4.78, 5) is 11.6. The summed E-state index contributed by atoms with van der Waals surface area (Å²) in [6.45, 7) is 0.743. The lowest BCUT2D eigenvalue weighted by atomic mass is 10.2. The average molecular weight is 320 g/mol. The van der Waals surface area contributed by atoms with Crippen LogP contribution in [-0.4, -0.2) is 19.1 Å². The van der Waals surface area contributed by atoms with E-state index in [1.165, 1.54) is 18.2 Å². The van der Waals surface area contributed by atoms with E-state index >= 15 is 0 Å². The van der Waals surface area contributed by atoms with Crippen molar-refractivity contribution in [3.63, 3.8) is 0 Å². The highest BCUT2D eigenvalue weighted by molar-refractivity contribution is 6.30. The van der Waals surface area contributed by atoms with Crippen LogP contribution in [0.1, 0.15) is 5.56 Å². The molecular formula is C17H15ClFNO2. The van der Waals surface area contributed by atoms with E-state index in [1.807, 2.05) is 0 Å². The molecule has 5 heteroatoms. The molecule has 0 aliphatic heterocycles. The molecule has 0 aromatic heterocycles. The zero-order valence-electron chi connectivity index (χ0n) is 11.8. The van der Waals surface area contributed by atoms with Crippen molar-refractivity contribution < 1.29 is 13.9 Å². The third-order valence-electron chi connectivity index (χ3n) is 2.78. The van der Waals surface area contributed by atoms with Gasteiger partial charge in [-0.2, -0.15) is 0 Å². The van der Waals surface area contributed by atoms with Gasteiger partial charge in [-0.3, -0.25) is 4.79 Å². The Labute approximate surface area is 133 Å². The topological polar surface area (TPSA) is 38.3 Å². The van der Waals surface area contributed by atoms with Crippen LogP contribution in [0, 0.1) is 5.82 Å². The highest BCUT2D eigenvalue weighted by atomic mass is 35.5. The van der Waals surface area contributed by atoms with Crippen molar-refractivity contribution in [3.05, 3.63) is 71.0 Å². The lowest BCUT2D eigenvalue weighted by Crippen LogP contribution is -2.26. The van der Waals surface area contributed by atoms with Crippen LogP contribution in [0.3, 0.4) is 0 Å². The molecule has 2 aromatic rings. The molecule has 0 atom stereocenters. The lowest BCUT2D eigenvalue weighted by molar-refractivity contribution is -0.116. The van der Waals surface area contributed by atoms with Gasteiger partial charge in [0.25, 0.3) is 0 Å². The number of halogens is 2. The van der Waals surface area contributed by atoms with E-state index in [2.05, 4.69) is 5.32 Å². The minimum atomic E-state index is -0.305. The third-order valence-corrected chi connectivity index (χ3v) is 3.03. The quantitative estimate of drug-likeness (QED) is 0.651. The Bertz CT molecular complexity index is 639. The number of nitrogens with one attached hydrogen (secondary N) is 1. The largest absolute Gasteiger partial charge is 0.492 e. The Morgan fingerprint density at radius 3 is 2.50 bits per heavy atom. The van der Waals surface area contributed by atoms with Crippen molar-refractivity contribution in [1.29, 1.82) is 0 Å². The predicted molar refractivity (Wildman–Crippen MR) is 85.4 cm³/mol. The Balaban J connectivity index is 1.69. The van der Waals surface area contributed by atoms with E-state index in [4.69, 9.17) is 16.3 Å². The van der Waals surface area contributed by atoms with Crippen LogP contribution >= 0.6 is 11.6 Å². The van der Waals surface area contributed by atoms with E-state index in [-0.39, 0.29) is 11.7 Å². The zero-order chi connectivity index (χ0) is 15.8. The van der Waals surface area contributed by atoms with Crippen molar-refractivity contribution in [2.45, 2.75) is 0 Å². The van der Waals surface area contributed by atoms with Crippen LogP contribution in [0.5, 0.6) is 5.75 Å².